The molecule has 0 aromatic carbocycles. The number of aliphatic carboxylic acids is 1. The zero-order valence-electron chi connectivity index (χ0n) is 7.51. The van der Waals surface area contributed by atoms with Crippen molar-refractivity contribution in [2.75, 3.05) is 12.4 Å². The second-order valence-electron chi connectivity index (χ2n) is 3.42. The molecule has 1 aliphatic rings. The molecule has 0 radical (unpaired) electrons. The largest absolute Gasteiger partial charge is 0.480 e. The lowest BCUT2D eigenvalue weighted by Gasteiger charge is -2.11. The molecule has 1 saturated carbocycles. The normalized spacial score (nSPS) is 19.2. The predicted molar refractivity (Wildman–Crippen MR) is 48.2 cm³/mol. The number of nitrogens with one attached hydrogen (secondary N) is 1. The highest BCUT2D eigenvalue weighted by Crippen LogP contribution is 2.29. The summed E-state index contributed by atoms with van der Waals surface area (Å²) in [5.41, 5.74) is 0. The summed E-state index contributed by atoms with van der Waals surface area (Å²) in [5, 5.41) is 17.1. The van der Waals surface area contributed by atoms with E-state index >= 15 is 0 Å². The molecule has 82 valence electrons. The van der Waals surface area contributed by atoms with Crippen LogP contribution in [0.4, 0.5) is 0 Å². The van der Waals surface area contributed by atoms with Gasteiger partial charge >= 0.3 is 5.97 Å². The number of carboxylic acids is 1. The number of rotatable bonds is 6. The van der Waals surface area contributed by atoms with E-state index in [1.807, 2.05) is 4.72 Å². The van der Waals surface area contributed by atoms with Crippen LogP contribution in [0, 0.1) is 5.92 Å². The van der Waals surface area contributed by atoms with E-state index in [-0.39, 0.29) is 11.7 Å². The van der Waals surface area contributed by atoms with Crippen molar-refractivity contribution in [3.05, 3.63) is 0 Å². The van der Waals surface area contributed by atoms with Gasteiger partial charge in [0.15, 0.2) is 0 Å². The number of carboxylic acid groups (broad SMARTS) is 1. The van der Waals surface area contributed by atoms with Crippen LogP contribution < -0.4 is 4.72 Å². The fourth-order valence-electron chi connectivity index (χ4n) is 1.03. The molecule has 1 atom stereocenters. The third kappa shape index (κ3) is 3.60. The van der Waals surface area contributed by atoms with E-state index in [0.717, 1.165) is 12.8 Å². The van der Waals surface area contributed by atoms with E-state index in [1.54, 1.807) is 0 Å². The number of hydrogen-bond donors (Lipinski definition) is 3. The van der Waals surface area contributed by atoms with E-state index in [9.17, 15) is 13.2 Å². The number of sulfonamides is 1. The zero-order valence-corrected chi connectivity index (χ0v) is 8.33. The Bertz CT molecular complexity index is 308. The highest BCUT2D eigenvalue weighted by molar-refractivity contribution is 7.89. The van der Waals surface area contributed by atoms with Crippen molar-refractivity contribution in [2.45, 2.75) is 18.9 Å². The van der Waals surface area contributed by atoms with E-state index in [2.05, 4.69) is 0 Å². The van der Waals surface area contributed by atoms with E-state index in [1.165, 1.54) is 0 Å². The molecule has 1 rings (SSSR count). The third-order valence-electron chi connectivity index (χ3n) is 1.95. The van der Waals surface area contributed by atoms with E-state index in [0.29, 0.717) is 0 Å². The van der Waals surface area contributed by atoms with Gasteiger partial charge < -0.3 is 10.2 Å². The van der Waals surface area contributed by atoms with Crippen molar-refractivity contribution in [1.82, 2.24) is 4.72 Å². The summed E-state index contributed by atoms with van der Waals surface area (Å²) in [6, 6.07) is -1.43. The molecule has 0 aromatic heterocycles. The summed E-state index contributed by atoms with van der Waals surface area (Å²) in [4.78, 5) is 10.4. The van der Waals surface area contributed by atoms with Gasteiger partial charge in [0, 0.05) is 0 Å². The van der Waals surface area contributed by atoms with Gasteiger partial charge in [-0.25, -0.2) is 8.42 Å². The molecule has 0 amide bonds. The summed E-state index contributed by atoms with van der Waals surface area (Å²) < 4.78 is 24.5. The maximum absolute atomic E-state index is 11.3. The molecule has 1 fully saturated rings. The van der Waals surface area contributed by atoms with Crippen molar-refractivity contribution in [3.63, 3.8) is 0 Å². The summed E-state index contributed by atoms with van der Waals surface area (Å²) in [6.07, 6.45) is 1.75. The Balaban J connectivity index is 2.50. The fourth-order valence-corrected chi connectivity index (χ4v) is 2.68. The van der Waals surface area contributed by atoms with Crippen LogP contribution in [0.15, 0.2) is 0 Å². The maximum atomic E-state index is 11.3. The molecule has 0 saturated heterocycles. The minimum atomic E-state index is -3.57. The molecule has 0 spiro atoms. The van der Waals surface area contributed by atoms with Crippen LogP contribution >= 0.6 is 0 Å². The first kappa shape index (κ1) is 11.4. The van der Waals surface area contributed by atoms with Crippen LogP contribution in [-0.2, 0) is 14.8 Å². The molecule has 1 aliphatic carbocycles. The summed E-state index contributed by atoms with van der Waals surface area (Å²) in [6.45, 7) is -0.737. The Morgan fingerprint density at radius 2 is 2.07 bits per heavy atom. The minimum absolute atomic E-state index is 0.0449. The molecule has 0 aromatic rings. The van der Waals surface area contributed by atoms with Crippen molar-refractivity contribution in [2.24, 2.45) is 5.92 Å². The molecular weight excluding hydrogens is 210 g/mol. The van der Waals surface area contributed by atoms with Crippen molar-refractivity contribution in [1.29, 1.82) is 0 Å². The Morgan fingerprint density at radius 3 is 2.43 bits per heavy atom. The van der Waals surface area contributed by atoms with Gasteiger partial charge in [0.2, 0.25) is 10.0 Å². The number of hydrogen-bond acceptors (Lipinski definition) is 4. The fraction of sp³-hybridized carbons (Fsp3) is 0.857. The minimum Gasteiger partial charge on any atom is -0.480 e. The molecule has 0 aliphatic heterocycles. The number of carbonyl (C=O) groups is 1. The summed E-state index contributed by atoms with van der Waals surface area (Å²) in [5.74, 6) is -1.26. The second-order valence-corrected chi connectivity index (χ2v) is 5.21. The molecule has 6 nitrogen and oxygen atoms in total. The van der Waals surface area contributed by atoms with Gasteiger partial charge in [-0.3, -0.25) is 4.79 Å². The molecule has 3 N–H and O–H groups in total. The highest BCUT2D eigenvalue weighted by atomic mass is 32.2. The Hall–Kier alpha value is -0.660. The van der Waals surface area contributed by atoms with Gasteiger partial charge in [-0.05, 0) is 18.8 Å². The van der Waals surface area contributed by atoms with E-state index in [4.69, 9.17) is 10.2 Å². The number of aliphatic hydroxyl groups excluding tert-OH is 1. The van der Waals surface area contributed by atoms with Crippen LogP contribution in [0.5, 0.6) is 0 Å². The Labute approximate surface area is 82.0 Å². The molecule has 0 heterocycles. The average molecular weight is 223 g/mol. The van der Waals surface area contributed by atoms with Gasteiger partial charge in [0.25, 0.3) is 0 Å². The standard InChI is InChI=1S/C7H13NO5S/c9-3-6(7(10)11)8-14(12,13)4-5-1-2-5/h5-6,8-9H,1-4H2,(H,10,11). The van der Waals surface area contributed by atoms with Crippen LogP contribution in [0.25, 0.3) is 0 Å². The average Bonchev–Trinajstić information content (AvgIpc) is 2.82. The van der Waals surface area contributed by atoms with Gasteiger partial charge in [-0.1, -0.05) is 0 Å². The molecular formula is C7H13NO5S. The highest BCUT2D eigenvalue weighted by Gasteiger charge is 2.30. The lowest BCUT2D eigenvalue weighted by Crippen LogP contribution is -2.44. The van der Waals surface area contributed by atoms with Crippen LogP contribution in [-0.4, -0.2) is 43.0 Å². The first-order chi connectivity index (χ1) is 6.44. The van der Waals surface area contributed by atoms with Gasteiger partial charge in [0.05, 0.1) is 12.4 Å². The Kier molecular flexibility index (Phi) is 3.46. The van der Waals surface area contributed by atoms with Crippen LogP contribution in [0.3, 0.4) is 0 Å². The molecule has 1 unspecified atom stereocenters. The molecule has 0 bridgehead atoms. The third-order valence-corrected chi connectivity index (χ3v) is 3.51. The molecule has 7 heteroatoms. The smallest absolute Gasteiger partial charge is 0.324 e. The summed E-state index contributed by atoms with van der Waals surface area (Å²) in [7, 11) is -3.57. The Morgan fingerprint density at radius 1 is 1.50 bits per heavy atom. The van der Waals surface area contributed by atoms with Gasteiger partial charge in [-0.2, -0.15) is 4.72 Å². The first-order valence-corrected chi connectivity index (χ1v) is 5.93. The van der Waals surface area contributed by atoms with E-state index < -0.39 is 28.6 Å². The molecule has 14 heavy (non-hydrogen) atoms. The van der Waals surface area contributed by atoms with Gasteiger partial charge in [0.1, 0.15) is 6.04 Å². The SMILES string of the molecule is O=C(O)C(CO)NS(=O)(=O)CC1CC1. The lowest BCUT2D eigenvalue weighted by atomic mass is 10.3. The quantitative estimate of drug-likeness (QED) is 0.522. The predicted octanol–water partition coefficient (Wildman–Crippen LogP) is -1.24. The first-order valence-electron chi connectivity index (χ1n) is 4.28. The number of aliphatic hydroxyl groups is 1. The summed E-state index contributed by atoms with van der Waals surface area (Å²) >= 11 is 0. The van der Waals surface area contributed by atoms with Crippen LogP contribution in [0.2, 0.25) is 0 Å². The van der Waals surface area contributed by atoms with Gasteiger partial charge in [-0.15, -0.1) is 0 Å². The monoisotopic (exact) mass is 223 g/mol. The maximum Gasteiger partial charge on any atom is 0.324 e. The van der Waals surface area contributed by atoms with Crippen LogP contribution in [0.1, 0.15) is 12.8 Å². The topological polar surface area (TPSA) is 104 Å². The van der Waals surface area contributed by atoms with Crippen molar-refractivity contribution < 1.29 is 23.4 Å². The zero-order chi connectivity index (χ0) is 10.8. The van der Waals surface area contributed by atoms with Crippen molar-refractivity contribution in [3.8, 4) is 0 Å². The lowest BCUT2D eigenvalue weighted by molar-refractivity contribution is -0.139. The van der Waals surface area contributed by atoms with Crippen molar-refractivity contribution >= 4 is 16.0 Å². The second kappa shape index (κ2) is 4.24.